The van der Waals surface area contributed by atoms with Crippen molar-refractivity contribution >= 4 is 17.5 Å². The lowest BCUT2D eigenvalue weighted by Crippen LogP contribution is -2.32. The molecule has 1 aromatic rings. The molecule has 8 nitrogen and oxygen atoms in total. The van der Waals surface area contributed by atoms with Gasteiger partial charge in [-0.25, -0.2) is 9.78 Å². The fraction of sp³-hybridized carbons (Fsp3) is 0.455. The van der Waals surface area contributed by atoms with Gasteiger partial charge in [-0.15, -0.1) is 0 Å². The van der Waals surface area contributed by atoms with Crippen LogP contribution in [0.15, 0.2) is 12.3 Å². The van der Waals surface area contributed by atoms with Crippen LogP contribution in [0.3, 0.4) is 0 Å². The quantitative estimate of drug-likeness (QED) is 0.524. The Morgan fingerprint density at radius 1 is 1.58 bits per heavy atom. The molecule has 0 atom stereocenters. The molecule has 1 rings (SSSR count). The van der Waals surface area contributed by atoms with Crippen LogP contribution in [0.2, 0.25) is 0 Å². The van der Waals surface area contributed by atoms with Crippen molar-refractivity contribution in [3.8, 4) is 0 Å². The third-order valence-electron chi connectivity index (χ3n) is 2.50. The van der Waals surface area contributed by atoms with Crippen molar-refractivity contribution in [3.63, 3.8) is 0 Å². The van der Waals surface area contributed by atoms with Gasteiger partial charge in [-0.1, -0.05) is 0 Å². The lowest BCUT2D eigenvalue weighted by Gasteiger charge is -2.25. The summed E-state index contributed by atoms with van der Waals surface area (Å²) in [5.74, 6) is -1.30. The molecule has 0 aliphatic rings. The van der Waals surface area contributed by atoms with Crippen LogP contribution < -0.4 is 5.32 Å². The lowest BCUT2D eigenvalue weighted by atomic mass is 10.0. The normalized spacial score (nSPS) is 11.1. The number of rotatable bonds is 6. The first-order chi connectivity index (χ1) is 8.76. The fourth-order valence-electron chi connectivity index (χ4n) is 1.47. The second-order valence-corrected chi connectivity index (χ2v) is 4.64. The molecule has 0 saturated heterocycles. The molecule has 0 saturated carbocycles. The average molecular weight is 269 g/mol. The number of hydrogen-bond donors (Lipinski definition) is 3. The molecule has 0 aliphatic heterocycles. The molecule has 0 amide bonds. The Morgan fingerprint density at radius 3 is 2.68 bits per heavy atom. The van der Waals surface area contributed by atoms with Crippen LogP contribution in [-0.4, -0.2) is 38.2 Å². The van der Waals surface area contributed by atoms with Gasteiger partial charge >= 0.3 is 11.7 Å². The number of aromatic carboxylic acids is 1. The zero-order valence-corrected chi connectivity index (χ0v) is 10.6. The van der Waals surface area contributed by atoms with Crippen LogP contribution in [0, 0.1) is 10.1 Å². The van der Waals surface area contributed by atoms with E-state index in [-0.39, 0.29) is 18.0 Å². The second-order valence-electron chi connectivity index (χ2n) is 4.64. The number of pyridine rings is 1. The minimum Gasteiger partial charge on any atom is -0.478 e. The molecule has 8 heteroatoms. The molecule has 3 N–H and O–H groups in total. The standard InChI is InChI=1S/C11H15N3O5/c1-11(2,3-4-15)13-9-8(14(18)19)5-7(6-12-9)10(16)17/h5-6,15H,3-4H2,1-2H3,(H,12,13)(H,16,17). The topological polar surface area (TPSA) is 126 Å². The molecule has 0 bridgehead atoms. The summed E-state index contributed by atoms with van der Waals surface area (Å²) in [7, 11) is 0. The summed E-state index contributed by atoms with van der Waals surface area (Å²) in [5.41, 5.74) is -1.26. The van der Waals surface area contributed by atoms with E-state index in [1.165, 1.54) is 0 Å². The monoisotopic (exact) mass is 269 g/mol. The van der Waals surface area contributed by atoms with Crippen molar-refractivity contribution in [2.45, 2.75) is 25.8 Å². The minimum absolute atomic E-state index is 0.0200. The maximum Gasteiger partial charge on any atom is 0.337 e. The number of nitro groups is 1. The number of anilines is 1. The molecule has 0 fully saturated rings. The van der Waals surface area contributed by atoms with Gasteiger partial charge in [0.2, 0.25) is 5.82 Å². The van der Waals surface area contributed by atoms with Crippen molar-refractivity contribution in [2.24, 2.45) is 0 Å². The Hall–Kier alpha value is -2.22. The smallest absolute Gasteiger partial charge is 0.337 e. The Morgan fingerprint density at radius 2 is 2.21 bits per heavy atom. The van der Waals surface area contributed by atoms with Crippen LogP contribution in [0.1, 0.15) is 30.6 Å². The predicted molar refractivity (Wildman–Crippen MR) is 67.3 cm³/mol. The molecule has 0 aromatic carbocycles. The van der Waals surface area contributed by atoms with Crippen molar-refractivity contribution in [1.82, 2.24) is 4.98 Å². The van der Waals surface area contributed by atoms with E-state index in [1.807, 2.05) is 0 Å². The van der Waals surface area contributed by atoms with Gasteiger partial charge in [0.25, 0.3) is 0 Å². The Bertz CT molecular complexity index is 501. The van der Waals surface area contributed by atoms with E-state index in [4.69, 9.17) is 10.2 Å². The van der Waals surface area contributed by atoms with E-state index in [0.717, 1.165) is 12.3 Å². The highest BCUT2D eigenvalue weighted by Gasteiger charge is 2.24. The number of carboxylic acids is 1. The van der Waals surface area contributed by atoms with Crippen molar-refractivity contribution in [3.05, 3.63) is 27.9 Å². The van der Waals surface area contributed by atoms with Crippen molar-refractivity contribution < 1.29 is 19.9 Å². The van der Waals surface area contributed by atoms with Crippen LogP contribution in [0.5, 0.6) is 0 Å². The van der Waals surface area contributed by atoms with Gasteiger partial charge in [-0.3, -0.25) is 10.1 Å². The molecule has 1 heterocycles. The largest absolute Gasteiger partial charge is 0.478 e. The number of nitrogens with one attached hydrogen (secondary N) is 1. The van der Waals surface area contributed by atoms with Crippen LogP contribution in [-0.2, 0) is 0 Å². The molecule has 19 heavy (non-hydrogen) atoms. The Balaban J connectivity index is 3.14. The van der Waals surface area contributed by atoms with E-state index in [1.54, 1.807) is 13.8 Å². The first-order valence-corrected chi connectivity index (χ1v) is 5.53. The zero-order chi connectivity index (χ0) is 14.6. The molecule has 0 spiro atoms. The molecule has 0 radical (unpaired) electrons. The lowest BCUT2D eigenvalue weighted by molar-refractivity contribution is -0.384. The number of aliphatic hydroxyl groups is 1. The van der Waals surface area contributed by atoms with Gasteiger partial charge in [0.05, 0.1) is 10.5 Å². The summed E-state index contributed by atoms with van der Waals surface area (Å²) in [6, 6.07) is 0.951. The van der Waals surface area contributed by atoms with Gasteiger partial charge < -0.3 is 15.5 Å². The fourth-order valence-corrected chi connectivity index (χ4v) is 1.47. The first kappa shape index (κ1) is 14.8. The molecular formula is C11H15N3O5. The highest BCUT2D eigenvalue weighted by atomic mass is 16.6. The Labute approximate surface area is 109 Å². The number of aromatic nitrogens is 1. The van der Waals surface area contributed by atoms with Crippen molar-refractivity contribution in [2.75, 3.05) is 11.9 Å². The number of nitrogens with zero attached hydrogens (tertiary/aromatic N) is 2. The van der Waals surface area contributed by atoms with E-state index >= 15 is 0 Å². The number of aliphatic hydroxyl groups excluding tert-OH is 1. The summed E-state index contributed by atoms with van der Waals surface area (Å²) < 4.78 is 0. The highest BCUT2D eigenvalue weighted by molar-refractivity contribution is 5.88. The van der Waals surface area contributed by atoms with Gasteiger partial charge in [0, 0.05) is 24.4 Å². The van der Waals surface area contributed by atoms with E-state index < -0.39 is 22.1 Å². The van der Waals surface area contributed by atoms with Gasteiger partial charge in [0.1, 0.15) is 0 Å². The van der Waals surface area contributed by atoms with Gasteiger partial charge in [0.15, 0.2) is 0 Å². The van der Waals surface area contributed by atoms with Crippen LogP contribution >= 0.6 is 0 Å². The van der Waals surface area contributed by atoms with Gasteiger partial charge in [-0.2, -0.15) is 0 Å². The van der Waals surface area contributed by atoms with Gasteiger partial charge in [-0.05, 0) is 20.3 Å². The first-order valence-electron chi connectivity index (χ1n) is 5.53. The predicted octanol–water partition coefficient (Wildman–Crippen LogP) is 1.26. The second kappa shape index (κ2) is 5.61. The summed E-state index contributed by atoms with van der Waals surface area (Å²) in [5, 5.41) is 31.4. The Kier molecular flexibility index (Phi) is 4.38. The van der Waals surface area contributed by atoms with Crippen molar-refractivity contribution in [1.29, 1.82) is 0 Å². The maximum atomic E-state index is 10.9. The summed E-state index contributed by atoms with van der Waals surface area (Å²) >= 11 is 0. The number of carbonyl (C=O) groups is 1. The molecule has 0 aliphatic carbocycles. The molecule has 104 valence electrons. The number of hydrogen-bond acceptors (Lipinski definition) is 6. The third kappa shape index (κ3) is 3.88. The third-order valence-corrected chi connectivity index (χ3v) is 2.50. The summed E-state index contributed by atoms with van der Waals surface area (Å²) in [6.07, 6.45) is 1.42. The maximum absolute atomic E-state index is 10.9. The summed E-state index contributed by atoms with van der Waals surface area (Å²) in [6.45, 7) is 3.42. The van der Waals surface area contributed by atoms with E-state index in [9.17, 15) is 14.9 Å². The average Bonchev–Trinajstić information content (AvgIpc) is 2.27. The SMILES string of the molecule is CC(C)(CCO)Nc1ncc(C(=O)O)cc1[N+](=O)[O-]. The zero-order valence-electron chi connectivity index (χ0n) is 10.6. The summed E-state index contributed by atoms with van der Waals surface area (Å²) in [4.78, 5) is 24.8. The van der Waals surface area contributed by atoms with Crippen LogP contribution in [0.25, 0.3) is 0 Å². The highest BCUT2D eigenvalue weighted by Crippen LogP contribution is 2.26. The number of carboxylic acid groups (broad SMARTS) is 1. The van der Waals surface area contributed by atoms with Crippen LogP contribution in [0.4, 0.5) is 11.5 Å². The van der Waals surface area contributed by atoms with E-state index in [2.05, 4.69) is 10.3 Å². The molecule has 1 aromatic heterocycles. The molecule has 0 unspecified atom stereocenters. The van der Waals surface area contributed by atoms with E-state index in [0.29, 0.717) is 6.42 Å². The minimum atomic E-state index is -1.28. The molecular weight excluding hydrogens is 254 g/mol.